The fourth-order valence-electron chi connectivity index (χ4n) is 2.55. The van der Waals surface area contributed by atoms with Crippen LogP contribution >= 0.6 is 0 Å². The number of hydrogen-bond donors (Lipinski definition) is 0. The first-order valence-electron chi connectivity index (χ1n) is 9.54. The van der Waals surface area contributed by atoms with Gasteiger partial charge in [0.05, 0.1) is 26.0 Å². The molecule has 0 unspecified atom stereocenters. The van der Waals surface area contributed by atoms with Crippen LogP contribution in [0.2, 0.25) is 0 Å². The van der Waals surface area contributed by atoms with Gasteiger partial charge >= 0.3 is 6.09 Å². The van der Waals surface area contributed by atoms with Gasteiger partial charge in [0.1, 0.15) is 12.3 Å². The lowest BCUT2D eigenvalue weighted by atomic mass is 10.1. The van der Waals surface area contributed by atoms with Gasteiger partial charge in [0, 0.05) is 0 Å². The first-order valence-corrected chi connectivity index (χ1v) is 11.4. The van der Waals surface area contributed by atoms with Crippen molar-refractivity contribution in [2.24, 2.45) is 0 Å². The molecule has 0 aromatic heterocycles. The first-order chi connectivity index (χ1) is 14.0. The standard InChI is InChI=1S/C22H29NO6S/c1-22(2,3)29-21(24)23(17-28-30(4,25)26)14-19-11-8-12-20(13-19)16-27-15-18-9-6-5-7-10-18/h5-13H,14-17H2,1-4H3. The highest BCUT2D eigenvalue weighted by molar-refractivity contribution is 7.85. The van der Waals surface area contributed by atoms with Gasteiger partial charge < -0.3 is 9.47 Å². The molecule has 2 aromatic rings. The zero-order chi connectivity index (χ0) is 22.2. The lowest BCUT2D eigenvalue weighted by molar-refractivity contribution is 0.00871. The van der Waals surface area contributed by atoms with Gasteiger partial charge in [-0.3, -0.25) is 4.90 Å². The molecule has 0 saturated carbocycles. The van der Waals surface area contributed by atoms with Gasteiger partial charge in [0.2, 0.25) is 0 Å². The van der Waals surface area contributed by atoms with Gasteiger partial charge in [-0.15, -0.1) is 0 Å². The van der Waals surface area contributed by atoms with E-state index in [2.05, 4.69) is 0 Å². The third-order valence-electron chi connectivity index (χ3n) is 3.82. The number of nitrogens with zero attached hydrogens (tertiary/aromatic N) is 1. The number of amides is 1. The molecule has 0 heterocycles. The number of carbonyl (C=O) groups is 1. The maximum atomic E-state index is 12.5. The normalized spacial score (nSPS) is 11.9. The summed E-state index contributed by atoms with van der Waals surface area (Å²) in [5.74, 6) is 0. The Balaban J connectivity index is 2.03. The van der Waals surface area contributed by atoms with E-state index in [9.17, 15) is 13.2 Å². The van der Waals surface area contributed by atoms with E-state index in [0.717, 1.165) is 22.9 Å². The second-order valence-corrected chi connectivity index (χ2v) is 9.57. The summed E-state index contributed by atoms with van der Waals surface area (Å²) >= 11 is 0. The predicted molar refractivity (Wildman–Crippen MR) is 114 cm³/mol. The minimum Gasteiger partial charge on any atom is -0.444 e. The molecule has 0 aliphatic heterocycles. The molecular formula is C22H29NO6S. The van der Waals surface area contributed by atoms with Crippen molar-refractivity contribution < 1.29 is 26.9 Å². The largest absolute Gasteiger partial charge is 0.444 e. The van der Waals surface area contributed by atoms with Crippen molar-refractivity contribution >= 4 is 16.2 Å². The molecule has 0 atom stereocenters. The molecule has 164 valence electrons. The highest BCUT2D eigenvalue weighted by atomic mass is 32.2. The molecule has 2 aromatic carbocycles. The highest BCUT2D eigenvalue weighted by Crippen LogP contribution is 2.15. The Kier molecular flexibility index (Phi) is 8.40. The van der Waals surface area contributed by atoms with E-state index in [4.69, 9.17) is 13.7 Å². The van der Waals surface area contributed by atoms with Crippen LogP contribution in [0.25, 0.3) is 0 Å². The van der Waals surface area contributed by atoms with Crippen LogP contribution in [-0.2, 0) is 43.5 Å². The van der Waals surface area contributed by atoms with Gasteiger partial charge in [-0.25, -0.2) is 8.98 Å². The van der Waals surface area contributed by atoms with Crippen molar-refractivity contribution in [2.75, 3.05) is 13.0 Å². The molecule has 7 nitrogen and oxygen atoms in total. The summed E-state index contributed by atoms with van der Waals surface area (Å²) < 4.78 is 38.7. The maximum Gasteiger partial charge on any atom is 0.412 e. The second-order valence-electron chi connectivity index (χ2n) is 7.93. The van der Waals surface area contributed by atoms with Crippen molar-refractivity contribution in [1.82, 2.24) is 4.90 Å². The monoisotopic (exact) mass is 435 g/mol. The third-order valence-corrected chi connectivity index (χ3v) is 4.35. The molecule has 8 heteroatoms. The van der Waals surface area contributed by atoms with Crippen molar-refractivity contribution in [2.45, 2.75) is 46.1 Å². The zero-order valence-corrected chi connectivity index (χ0v) is 18.6. The summed E-state index contributed by atoms with van der Waals surface area (Å²) in [6.45, 7) is 5.84. The van der Waals surface area contributed by atoms with Crippen LogP contribution in [0.1, 0.15) is 37.5 Å². The summed E-state index contributed by atoms with van der Waals surface area (Å²) in [5, 5.41) is 0. The molecular weight excluding hydrogens is 406 g/mol. The Bertz CT molecular complexity index is 922. The molecule has 0 radical (unpaired) electrons. The number of ether oxygens (including phenoxy) is 2. The van der Waals surface area contributed by atoms with Crippen molar-refractivity contribution in [3.63, 3.8) is 0 Å². The molecule has 30 heavy (non-hydrogen) atoms. The van der Waals surface area contributed by atoms with Crippen molar-refractivity contribution in [1.29, 1.82) is 0 Å². The molecule has 1 amide bonds. The van der Waals surface area contributed by atoms with E-state index in [-0.39, 0.29) is 6.54 Å². The van der Waals surface area contributed by atoms with E-state index in [0.29, 0.717) is 13.2 Å². The van der Waals surface area contributed by atoms with Crippen LogP contribution in [0.4, 0.5) is 4.79 Å². The van der Waals surface area contributed by atoms with Crippen molar-refractivity contribution in [3.8, 4) is 0 Å². The average molecular weight is 436 g/mol. The Morgan fingerprint density at radius 2 is 1.53 bits per heavy atom. The fourth-order valence-corrected chi connectivity index (χ4v) is 2.87. The van der Waals surface area contributed by atoms with E-state index in [1.165, 1.54) is 4.90 Å². The lowest BCUT2D eigenvalue weighted by Crippen LogP contribution is -2.38. The Morgan fingerprint density at radius 1 is 0.933 bits per heavy atom. The predicted octanol–water partition coefficient (Wildman–Crippen LogP) is 4.07. The van der Waals surface area contributed by atoms with Crippen LogP contribution in [0.5, 0.6) is 0 Å². The van der Waals surface area contributed by atoms with Crippen LogP contribution in [0.3, 0.4) is 0 Å². The summed E-state index contributed by atoms with van der Waals surface area (Å²) in [6.07, 6.45) is 0.280. The summed E-state index contributed by atoms with van der Waals surface area (Å²) in [7, 11) is -3.70. The molecule has 0 aliphatic rings. The van der Waals surface area contributed by atoms with Crippen LogP contribution in [0, 0.1) is 0 Å². The van der Waals surface area contributed by atoms with E-state index >= 15 is 0 Å². The number of rotatable bonds is 9. The minimum absolute atomic E-state index is 0.136. The van der Waals surface area contributed by atoms with Crippen LogP contribution < -0.4 is 0 Å². The zero-order valence-electron chi connectivity index (χ0n) is 17.8. The molecule has 0 bridgehead atoms. The first kappa shape index (κ1) is 23.9. The Morgan fingerprint density at radius 3 is 2.17 bits per heavy atom. The van der Waals surface area contributed by atoms with Gasteiger partial charge in [-0.2, -0.15) is 8.42 Å². The van der Waals surface area contributed by atoms with Gasteiger partial charge in [0.15, 0.2) is 0 Å². The number of hydrogen-bond acceptors (Lipinski definition) is 6. The van der Waals surface area contributed by atoms with Gasteiger partial charge in [-0.05, 0) is 37.5 Å². The topological polar surface area (TPSA) is 82.1 Å². The van der Waals surface area contributed by atoms with Gasteiger partial charge in [0.25, 0.3) is 10.1 Å². The van der Waals surface area contributed by atoms with Crippen molar-refractivity contribution in [3.05, 3.63) is 71.3 Å². The smallest absolute Gasteiger partial charge is 0.412 e. The number of benzene rings is 2. The quantitative estimate of drug-likeness (QED) is 0.436. The fraction of sp³-hybridized carbons (Fsp3) is 0.409. The molecule has 2 rings (SSSR count). The van der Waals surface area contributed by atoms with E-state index < -0.39 is 28.5 Å². The lowest BCUT2D eigenvalue weighted by Gasteiger charge is -2.27. The van der Waals surface area contributed by atoms with Crippen LogP contribution in [0.15, 0.2) is 54.6 Å². The Hall–Kier alpha value is -2.42. The molecule has 0 spiro atoms. The maximum absolute atomic E-state index is 12.5. The van der Waals surface area contributed by atoms with Crippen LogP contribution in [-0.4, -0.2) is 38.0 Å². The van der Waals surface area contributed by atoms with Gasteiger partial charge in [-0.1, -0.05) is 54.6 Å². The molecule has 0 fully saturated rings. The third kappa shape index (κ3) is 9.39. The molecule has 0 aliphatic carbocycles. The summed E-state index contributed by atoms with van der Waals surface area (Å²) in [5.41, 5.74) is 2.12. The molecule has 0 N–H and O–H groups in total. The Labute approximate surface area is 178 Å². The summed E-state index contributed by atoms with van der Waals surface area (Å²) in [4.78, 5) is 13.7. The minimum atomic E-state index is -3.70. The SMILES string of the molecule is CC(C)(C)OC(=O)N(COS(C)(=O)=O)Cc1cccc(COCc2ccccc2)c1. The second kappa shape index (κ2) is 10.6. The molecule has 0 saturated heterocycles. The number of carbonyl (C=O) groups excluding carboxylic acids is 1. The highest BCUT2D eigenvalue weighted by Gasteiger charge is 2.23. The van der Waals surface area contributed by atoms with E-state index in [1.807, 2.05) is 54.6 Å². The summed E-state index contributed by atoms with van der Waals surface area (Å²) in [6, 6.07) is 17.4. The average Bonchev–Trinajstić information content (AvgIpc) is 2.64. The van der Waals surface area contributed by atoms with E-state index in [1.54, 1.807) is 20.8 Å².